The van der Waals surface area contributed by atoms with Crippen LogP contribution in [0.3, 0.4) is 0 Å². The summed E-state index contributed by atoms with van der Waals surface area (Å²) in [7, 11) is 2.06. The Morgan fingerprint density at radius 2 is 2.20 bits per heavy atom. The summed E-state index contributed by atoms with van der Waals surface area (Å²) in [4.78, 5) is 2.24. The molecular weight excluding hydrogens is 257 g/mol. The zero-order valence-electron chi connectivity index (χ0n) is 12.2. The summed E-state index contributed by atoms with van der Waals surface area (Å²) < 4.78 is 10.7. The maximum Gasteiger partial charge on any atom is 0.492 e. The highest BCUT2D eigenvalue weighted by Crippen LogP contribution is 2.20. The number of rotatable bonds is 5. The predicted molar refractivity (Wildman–Crippen MR) is 78.1 cm³/mol. The van der Waals surface area contributed by atoms with E-state index in [0.717, 1.165) is 25.1 Å². The third-order valence-corrected chi connectivity index (χ3v) is 3.91. The van der Waals surface area contributed by atoms with Gasteiger partial charge < -0.3 is 19.5 Å². The molecule has 2 rings (SSSR count). The minimum Gasteiger partial charge on any atom is -0.497 e. The van der Waals surface area contributed by atoms with E-state index >= 15 is 0 Å². The summed E-state index contributed by atoms with van der Waals surface area (Å²) in [5.74, 6) is 0.490. The Labute approximate surface area is 120 Å². The Morgan fingerprint density at radius 1 is 1.45 bits per heavy atom. The molecule has 0 amide bonds. The van der Waals surface area contributed by atoms with Gasteiger partial charge in [-0.05, 0) is 32.0 Å². The van der Waals surface area contributed by atoms with Crippen LogP contribution in [0.15, 0.2) is 18.2 Å². The lowest BCUT2D eigenvalue weighted by Gasteiger charge is -2.26. The molecule has 110 valence electrons. The van der Waals surface area contributed by atoms with Crippen LogP contribution in [-0.4, -0.2) is 55.0 Å². The highest BCUT2D eigenvalue weighted by Gasteiger charge is 2.28. The fraction of sp³-hybridized carbons (Fsp3) is 0.571. The molecule has 2 unspecified atom stereocenters. The Balaban J connectivity index is 2.11. The standard InChI is InChI=1S/C14H22BNO4/c1-10-13(6-7-20-10)16(2)9-11-4-5-14(19-3)12(8-11)15(17)18/h4-5,8,10,13,17-18H,6-7,9H2,1-3H3. The van der Waals surface area contributed by atoms with Gasteiger partial charge in [0.25, 0.3) is 0 Å². The molecule has 1 aliphatic rings. The van der Waals surface area contributed by atoms with Crippen LogP contribution in [0.4, 0.5) is 0 Å². The van der Waals surface area contributed by atoms with E-state index in [-0.39, 0.29) is 6.10 Å². The lowest BCUT2D eigenvalue weighted by atomic mass is 9.78. The van der Waals surface area contributed by atoms with Crippen LogP contribution in [0, 0.1) is 0 Å². The van der Waals surface area contributed by atoms with Crippen molar-refractivity contribution in [2.24, 2.45) is 0 Å². The fourth-order valence-corrected chi connectivity index (χ4v) is 2.79. The van der Waals surface area contributed by atoms with Crippen molar-refractivity contribution in [1.29, 1.82) is 0 Å². The first-order valence-corrected chi connectivity index (χ1v) is 6.87. The van der Waals surface area contributed by atoms with Crippen LogP contribution in [0.25, 0.3) is 0 Å². The molecule has 20 heavy (non-hydrogen) atoms. The van der Waals surface area contributed by atoms with Crippen LogP contribution in [-0.2, 0) is 11.3 Å². The van der Waals surface area contributed by atoms with Gasteiger partial charge in [0.1, 0.15) is 5.75 Å². The second-order valence-electron chi connectivity index (χ2n) is 5.30. The molecule has 1 aromatic carbocycles. The first-order valence-electron chi connectivity index (χ1n) is 6.87. The van der Waals surface area contributed by atoms with Crippen molar-refractivity contribution < 1.29 is 19.5 Å². The first-order chi connectivity index (χ1) is 9.52. The molecule has 1 fully saturated rings. The largest absolute Gasteiger partial charge is 0.497 e. The summed E-state index contributed by atoms with van der Waals surface area (Å²) in [5, 5.41) is 18.8. The summed E-state index contributed by atoms with van der Waals surface area (Å²) in [6.45, 7) is 3.63. The van der Waals surface area contributed by atoms with E-state index in [4.69, 9.17) is 9.47 Å². The van der Waals surface area contributed by atoms with Gasteiger partial charge in [-0.2, -0.15) is 0 Å². The maximum atomic E-state index is 9.39. The van der Waals surface area contributed by atoms with Crippen molar-refractivity contribution in [3.05, 3.63) is 23.8 Å². The summed E-state index contributed by atoms with van der Waals surface area (Å²) in [5.41, 5.74) is 1.42. The number of methoxy groups -OCH3 is 1. The number of likely N-dealkylation sites (N-methyl/N-ethyl adjacent to an activating group) is 1. The average molecular weight is 279 g/mol. The van der Waals surface area contributed by atoms with E-state index in [2.05, 4.69) is 18.9 Å². The molecule has 1 aromatic rings. The highest BCUT2D eigenvalue weighted by atomic mass is 16.5. The van der Waals surface area contributed by atoms with E-state index < -0.39 is 7.12 Å². The van der Waals surface area contributed by atoms with Gasteiger partial charge in [0.15, 0.2) is 0 Å². The molecule has 0 bridgehead atoms. The predicted octanol–water partition coefficient (Wildman–Crippen LogP) is -0.0158. The lowest BCUT2D eigenvalue weighted by Crippen LogP contribution is -2.37. The van der Waals surface area contributed by atoms with Crippen molar-refractivity contribution in [1.82, 2.24) is 4.90 Å². The van der Waals surface area contributed by atoms with Gasteiger partial charge in [0.2, 0.25) is 0 Å². The average Bonchev–Trinajstić information content (AvgIpc) is 2.85. The third-order valence-electron chi connectivity index (χ3n) is 3.91. The molecule has 2 N–H and O–H groups in total. The number of hydrogen-bond donors (Lipinski definition) is 2. The molecule has 5 nitrogen and oxygen atoms in total. The lowest BCUT2D eigenvalue weighted by molar-refractivity contribution is 0.0814. The highest BCUT2D eigenvalue weighted by molar-refractivity contribution is 6.59. The zero-order chi connectivity index (χ0) is 14.7. The molecule has 0 radical (unpaired) electrons. The minimum absolute atomic E-state index is 0.237. The molecule has 1 saturated heterocycles. The molecular formula is C14H22BNO4. The van der Waals surface area contributed by atoms with Crippen LogP contribution >= 0.6 is 0 Å². The Kier molecular flexibility index (Phi) is 5.04. The van der Waals surface area contributed by atoms with Crippen molar-refractivity contribution >= 4 is 12.6 Å². The molecule has 2 atom stereocenters. The number of ether oxygens (including phenoxy) is 2. The Morgan fingerprint density at radius 3 is 2.75 bits per heavy atom. The topological polar surface area (TPSA) is 62.2 Å². The van der Waals surface area contributed by atoms with Gasteiger partial charge in [-0.3, -0.25) is 4.90 Å². The van der Waals surface area contributed by atoms with Gasteiger partial charge in [-0.1, -0.05) is 12.1 Å². The number of hydrogen-bond acceptors (Lipinski definition) is 5. The van der Waals surface area contributed by atoms with Gasteiger partial charge in [0, 0.05) is 24.7 Å². The van der Waals surface area contributed by atoms with E-state index in [0.29, 0.717) is 17.3 Å². The molecule has 0 saturated carbocycles. The summed E-state index contributed by atoms with van der Waals surface area (Å²) in [6.07, 6.45) is 1.27. The molecule has 0 spiro atoms. The molecule has 0 aliphatic carbocycles. The van der Waals surface area contributed by atoms with Gasteiger partial charge >= 0.3 is 7.12 Å². The SMILES string of the molecule is COc1ccc(CN(C)C2CCOC2C)cc1B(O)O. The van der Waals surface area contributed by atoms with Crippen molar-refractivity contribution in [2.45, 2.75) is 32.0 Å². The van der Waals surface area contributed by atoms with E-state index in [1.54, 1.807) is 12.1 Å². The van der Waals surface area contributed by atoms with Crippen molar-refractivity contribution in [3.8, 4) is 5.75 Å². The molecule has 6 heteroatoms. The zero-order valence-corrected chi connectivity index (χ0v) is 12.2. The van der Waals surface area contributed by atoms with Gasteiger partial charge in [0.05, 0.1) is 13.2 Å². The monoisotopic (exact) mass is 279 g/mol. The fourth-order valence-electron chi connectivity index (χ4n) is 2.79. The first kappa shape index (κ1) is 15.3. The third kappa shape index (κ3) is 3.33. The molecule has 1 heterocycles. The maximum absolute atomic E-state index is 9.39. The Hall–Kier alpha value is -1.08. The second-order valence-corrected chi connectivity index (χ2v) is 5.30. The summed E-state index contributed by atoms with van der Waals surface area (Å²) in [6, 6.07) is 5.90. The van der Waals surface area contributed by atoms with E-state index in [1.807, 2.05) is 6.07 Å². The summed E-state index contributed by atoms with van der Waals surface area (Å²) >= 11 is 0. The van der Waals surface area contributed by atoms with Crippen LogP contribution in [0.5, 0.6) is 5.75 Å². The van der Waals surface area contributed by atoms with E-state index in [1.165, 1.54) is 7.11 Å². The van der Waals surface area contributed by atoms with E-state index in [9.17, 15) is 10.0 Å². The minimum atomic E-state index is -1.52. The van der Waals surface area contributed by atoms with Crippen molar-refractivity contribution in [2.75, 3.05) is 20.8 Å². The molecule has 0 aromatic heterocycles. The van der Waals surface area contributed by atoms with Crippen molar-refractivity contribution in [3.63, 3.8) is 0 Å². The van der Waals surface area contributed by atoms with Gasteiger partial charge in [-0.25, -0.2) is 0 Å². The smallest absolute Gasteiger partial charge is 0.492 e. The molecule has 1 aliphatic heterocycles. The van der Waals surface area contributed by atoms with Crippen LogP contribution < -0.4 is 10.2 Å². The van der Waals surface area contributed by atoms with Gasteiger partial charge in [-0.15, -0.1) is 0 Å². The Bertz CT molecular complexity index is 455. The van der Waals surface area contributed by atoms with Crippen LogP contribution in [0.2, 0.25) is 0 Å². The van der Waals surface area contributed by atoms with Crippen LogP contribution in [0.1, 0.15) is 18.9 Å². The number of benzene rings is 1. The second kappa shape index (κ2) is 6.58. The normalized spacial score (nSPS) is 22.3. The quantitative estimate of drug-likeness (QED) is 0.742. The number of nitrogens with zero attached hydrogens (tertiary/aromatic N) is 1.